The van der Waals surface area contributed by atoms with Crippen LogP contribution in [-0.4, -0.2) is 18.3 Å². The number of amides is 1. The summed E-state index contributed by atoms with van der Waals surface area (Å²) >= 11 is 0. The molecule has 31 heavy (non-hydrogen) atoms. The van der Waals surface area contributed by atoms with Crippen molar-refractivity contribution in [1.82, 2.24) is 3.97 Å². The summed E-state index contributed by atoms with van der Waals surface area (Å²) < 4.78 is 28.7. The van der Waals surface area contributed by atoms with Gasteiger partial charge in [0.1, 0.15) is 0 Å². The van der Waals surface area contributed by atoms with Crippen molar-refractivity contribution in [3.8, 4) is 11.1 Å². The van der Waals surface area contributed by atoms with Crippen LogP contribution in [0.4, 0.5) is 0 Å². The molecule has 1 saturated carbocycles. The van der Waals surface area contributed by atoms with Gasteiger partial charge in [0.2, 0.25) is 5.91 Å². The van der Waals surface area contributed by atoms with Crippen LogP contribution in [0, 0.1) is 5.92 Å². The van der Waals surface area contributed by atoms with Gasteiger partial charge in [-0.25, -0.2) is 12.4 Å². The third-order valence-electron chi connectivity index (χ3n) is 5.87. The van der Waals surface area contributed by atoms with Gasteiger partial charge in [-0.1, -0.05) is 48.5 Å². The second-order valence-electron chi connectivity index (χ2n) is 8.06. The molecule has 1 aliphatic rings. The molecule has 0 saturated heterocycles. The van der Waals surface area contributed by atoms with Crippen molar-refractivity contribution in [2.45, 2.75) is 24.2 Å². The number of benzene rings is 3. The Morgan fingerprint density at radius 1 is 0.968 bits per heavy atom. The molecule has 0 unspecified atom stereocenters. The topological polar surface area (TPSA) is 82.2 Å². The number of fused-ring (bicyclic) bond motifs is 1. The number of rotatable bonds is 6. The number of nitrogens with two attached hydrogens (primary N) is 1. The van der Waals surface area contributed by atoms with E-state index in [9.17, 15) is 13.2 Å². The lowest BCUT2D eigenvalue weighted by Gasteiger charge is -2.12. The molecule has 156 valence electrons. The van der Waals surface area contributed by atoms with E-state index in [2.05, 4.69) is 0 Å². The highest BCUT2D eigenvalue weighted by Crippen LogP contribution is 2.36. The Morgan fingerprint density at radius 3 is 2.39 bits per heavy atom. The summed E-state index contributed by atoms with van der Waals surface area (Å²) in [5, 5.41) is 0.865. The summed E-state index contributed by atoms with van der Waals surface area (Å²) in [6.07, 6.45) is 4.54. The summed E-state index contributed by atoms with van der Waals surface area (Å²) in [7, 11) is -3.87. The maximum absolute atomic E-state index is 13.7. The van der Waals surface area contributed by atoms with E-state index >= 15 is 0 Å². The maximum Gasteiger partial charge on any atom is 0.268 e. The van der Waals surface area contributed by atoms with Crippen LogP contribution < -0.4 is 5.73 Å². The Hall–Kier alpha value is -3.38. The van der Waals surface area contributed by atoms with Gasteiger partial charge in [-0.2, -0.15) is 0 Å². The first-order valence-corrected chi connectivity index (χ1v) is 11.7. The van der Waals surface area contributed by atoms with Crippen molar-refractivity contribution >= 4 is 26.8 Å². The predicted molar refractivity (Wildman–Crippen MR) is 121 cm³/mol. The summed E-state index contributed by atoms with van der Waals surface area (Å²) in [4.78, 5) is 12.0. The summed E-state index contributed by atoms with van der Waals surface area (Å²) in [5.41, 5.74) is 9.05. The molecule has 0 spiro atoms. The highest BCUT2D eigenvalue weighted by atomic mass is 32.2. The zero-order chi connectivity index (χ0) is 21.6. The minimum absolute atomic E-state index is 0.161. The Morgan fingerprint density at radius 2 is 1.68 bits per heavy atom. The molecule has 1 fully saturated rings. The highest BCUT2D eigenvalue weighted by molar-refractivity contribution is 7.90. The van der Waals surface area contributed by atoms with E-state index in [1.165, 1.54) is 16.1 Å². The van der Waals surface area contributed by atoms with Gasteiger partial charge in [0, 0.05) is 22.7 Å². The molecule has 2 N–H and O–H groups in total. The van der Waals surface area contributed by atoms with E-state index in [-0.39, 0.29) is 4.90 Å². The fourth-order valence-electron chi connectivity index (χ4n) is 4.08. The van der Waals surface area contributed by atoms with Gasteiger partial charge in [-0.05, 0) is 60.6 Å². The van der Waals surface area contributed by atoms with Crippen molar-refractivity contribution in [3.05, 3.63) is 90.1 Å². The molecule has 0 aliphatic heterocycles. The quantitative estimate of drug-likeness (QED) is 0.485. The van der Waals surface area contributed by atoms with Gasteiger partial charge in [0.15, 0.2) is 0 Å². The Bertz CT molecular complexity index is 1400. The molecule has 1 amide bonds. The largest absolute Gasteiger partial charge is 0.366 e. The predicted octanol–water partition coefficient (Wildman–Crippen LogP) is 4.60. The fraction of sp³-hybridized carbons (Fsp3) is 0.160. The minimum atomic E-state index is -3.87. The van der Waals surface area contributed by atoms with Crippen molar-refractivity contribution in [2.75, 3.05) is 0 Å². The number of hydrogen-bond acceptors (Lipinski definition) is 3. The molecule has 0 bridgehead atoms. The lowest BCUT2D eigenvalue weighted by molar-refractivity contribution is 0.0999. The first-order chi connectivity index (χ1) is 14.9. The lowest BCUT2D eigenvalue weighted by Crippen LogP contribution is -2.17. The molecule has 5 nitrogen and oxygen atoms in total. The van der Waals surface area contributed by atoms with Gasteiger partial charge in [-0.15, -0.1) is 0 Å². The van der Waals surface area contributed by atoms with Crippen molar-refractivity contribution < 1.29 is 13.2 Å². The molecule has 1 heterocycles. The van der Waals surface area contributed by atoms with Crippen LogP contribution in [0.5, 0.6) is 0 Å². The first kappa shape index (κ1) is 19.6. The SMILES string of the molecule is NC(=O)c1ccc(S(=O)(=O)n2cc(-c3ccccc3)c3ccccc32)cc1CC1CC1. The monoisotopic (exact) mass is 430 g/mol. The second kappa shape index (κ2) is 7.39. The van der Waals surface area contributed by atoms with Crippen LogP contribution in [0.3, 0.4) is 0 Å². The number of hydrogen-bond donors (Lipinski definition) is 1. The van der Waals surface area contributed by atoms with Crippen molar-refractivity contribution in [2.24, 2.45) is 11.7 Å². The third-order valence-corrected chi connectivity index (χ3v) is 7.54. The molecule has 1 aliphatic carbocycles. The van der Waals surface area contributed by atoms with Crippen LogP contribution in [-0.2, 0) is 16.4 Å². The smallest absolute Gasteiger partial charge is 0.268 e. The second-order valence-corrected chi connectivity index (χ2v) is 9.87. The summed E-state index contributed by atoms with van der Waals surface area (Å²) in [6, 6.07) is 21.8. The van der Waals surface area contributed by atoms with Crippen LogP contribution in [0.25, 0.3) is 22.0 Å². The Labute approximate surface area is 181 Å². The van der Waals surface area contributed by atoms with E-state index in [1.807, 2.05) is 54.6 Å². The van der Waals surface area contributed by atoms with Crippen LogP contribution in [0.15, 0.2) is 83.9 Å². The number of para-hydroxylation sites is 1. The normalized spacial score (nSPS) is 14.1. The third kappa shape index (κ3) is 3.53. The molecule has 0 radical (unpaired) electrons. The maximum atomic E-state index is 13.7. The molecule has 0 atom stereocenters. The lowest BCUT2D eigenvalue weighted by atomic mass is 10.0. The van der Waals surface area contributed by atoms with E-state index in [0.717, 1.165) is 29.4 Å². The molecule has 6 heteroatoms. The number of nitrogens with zero attached hydrogens (tertiary/aromatic N) is 1. The van der Waals surface area contributed by atoms with Gasteiger partial charge < -0.3 is 5.73 Å². The Kier molecular flexibility index (Phi) is 4.67. The zero-order valence-corrected chi connectivity index (χ0v) is 17.7. The standard InChI is InChI=1S/C25H22N2O3S/c26-25(28)21-13-12-20(15-19(21)14-17-10-11-17)31(29,30)27-16-23(18-6-2-1-3-7-18)22-8-4-5-9-24(22)27/h1-9,12-13,15-17H,10-11,14H2,(H2,26,28). The van der Waals surface area contributed by atoms with E-state index < -0.39 is 15.9 Å². The molecule has 4 aromatic rings. The molecule has 1 aromatic heterocycles. The highest BCUT2D eigenvalue weighted by Gasteiger charge is 2.27. The van der Waals surface area contributed by atoms with E-state index in [4.69, 9.17) is 5.73 Å². The summed E-state index contributed by atoms with van der Waals surface area (Å²) in [6.45, 7) is 0. The van der Waals surface area contributed by atoms with Crippen molar-refractivity contribution in [3.63, 3.8) is 0 Å². The van der Waals surface area contributed by atoms with Gasteiger partial charge in [0.25, 0.3) is 10.0 Å². The first-order valence-electron chi connectivity index (χ1n) is 10.3. The van der Waals surface area contributed by atoms with Crippen LogP contribution >= 0.6 is 0 Å². The number of carbonyl (C=O) groups excluding carboxylic acids is 1. The molecule has 5 rings (SSSR count). The number of primary amides is 1. The molecular formula is C25H22N2O3S. The Balaban J connectivity index is 1.67. The summed E-state index contributed by atoms with van der Waals surface area (Å²) in [5.74, 6) is -0.0366. The van der Waals surface area contributed by atoms with Crippen LogP contribution in [0.1, 0.15) is 28.8 Å². The van der Waals surface area contributed by atoms with Gasteiger partial charge in [0.05, 0.1) is 10.4 Å². The molecular weight excluding hydrogens is 408 g/mol. The average Bonchev–Trinajstić information content (AvgIpc) is 3.50. The van der Waals surface area contributed by atoms with E-state index in [1.54, 1.807) is 12.3 Å². The number of carbonyl (C=O) groups is 1. The van der Waals surface area contributed by atoms with Gasteiger partial charge in [-0.3, -0.25) is 4.79 Å². The molecule has 3 aromatic carbocycles. The number of aromatic nitrogens is 1. The van der Waals surface area contributed by atoms with Crippen molar-refractivity contribution in [1.29, 1.82) is 0 Å². The van der Waals surface area contributed by atoms with E-state index in [0.29, 0.717) is 29.0 Å². The zero-order valence-electron chi connectivity index (χ0n) is 16.9. The average molecular weight is 431 g/mol. The fourth-order valence-corrected chi connectivity index (χ4v) is 5.50. The van der Waals surface area contributed by atoms with Gasteiger partial charge >= 0.3 is 0 Å². The van der Waals surface area contributed by atoms with Crippen LogP contribution in [0.2, 0.25) is 0 Å². The minimum Gasteiger partial charge on any atom is -0.366 e.